The Hall–Kier alpha value is -4.38. The van der Waals surface area contributed by atoms with Gasteiger partial charge in [-0.15, -0.1) is 0 Å². The van der Waals surface area contributed by atoms with Gasteiger partial charge in [-0.05, 0) is 34.0 Å². The molecule has 1 aromatic heterocycles. The smallest absolute Gasteiger partial charge is 0.252 e. The van der Waals surface area contributed by atoms with Gasteiger partial charge in [-0.25, -0.2) is 4.98 Å². The maximum absolute atomic E-state index is 12.6. The summed E-state index contributed by atoms with van der Waals surface area (Å²) in [6.07, 6.45) is 0. The van der Waals surface area contributed by atoms with E-state index in [0.29, 0.717) is 34.6 Å². The molecule has 0 radical (unpaired) electrons. The van der Waals surface area contributed by atoms with Gasteiger partial charge in [-0.3, -0.25) is 4.79 Å². The number of benzene rings is 3. The Morgan fingerprint density at radius 1 is 1.19 bits per heavy atom. The van der Waals surface area contributed by atoms with E-state index in [-0.39, 0.29) is 24.3 Å². The SMILES string of the molecule is CC1COc2c1c(-c1ccc(C(=O)NCC#N)c3ccccc13)cc1nc(N)nc(N)c21. The number of nitriles is 1. The lowest BCUT2D eigenvalue weighted by Gasteiger charge is -2.17. The zero-order valence-electron chi connectivity index (χ0n) is 17.3. The topological polar surface area (TPSA) is 140 Å². The highest BCUT2D eigenvalue weighted by atomic mass is 16.5. The van der Waals surface area contributed by atoms with Crippen LogP contribution in [0.4, 0.5) is 11.8 Å². The lowest BCUT2D eigenvalue weighted by Crippen LogP contribution is -2.23. The lowest BCUT2D eigenvalue weighted by atomic mass is 9.87. The van der Waals surface area contributed by atoms with Crippen LogP contribution in [0.15, 0.2) is 42.5 Å². The zero-order valence-corrected chi connectivity index (χ0v) is 17.3. The summed E-state index contributed by atoms with van der Waals surface area (Å²) < 4.78 is 6.03. The van der Waals surface area contributed by atoms with E-state index in [9.17, 15) is 4.79 Å². The molecule has 0 aliphatic carbocycles. The fraction of sp³-hybridized carbons (Fsp3) is 0.167. The summed E-state index contributed by atoms with van der Waals surface area (Å²) in [7, 11) is 0. The molecule has 8 nitrogen and oxygen atoms in total. The summed E-state index contributed by atoms with van der Waals surface area (Å²) >= 11 is 0. The molecule has 1 unspecified atom stereocenters. The first-order chi connectivity index (χ1) is 15.5. The van der Waals surface area contributed by atoms with Crippen LogP contribution in [-0.4, -0.2) is 29.0 Å². The molecule has 1 atom stereocenters. The number of hydrogen-bond donors (Lipinski definition) is 3. The number of fused-ring (bicyclic) bond motifs is 4. The zero-order chi connectivity index (χ0) is 22.4. The maximum atomic E-state index is 12.6. The maximum Gasteiger partial charge on any atom is 0.252 e. The van der Waals surface area contributed by atoms with Gasteiger partial charge in [0.2, 0.25) is 5.95 Å². The molecule has 2 heterocycles. The standard InChI is InChI=1S/C24H20N6O2/c1-12-11-32-21-19(12)17(10-18-20(21)22(26)30-24(27)29-18)15-6-7-16(23(31)28-9-8-25)14-5-3-2-4-13(14)15/h2-7,10,12H,9,11H2,1H3,(H,28,31)(H4,26,27,29,30). The van der Waals surface area contributed by atoms with Crippen molar-refractivity contribution in [3.8, 4) is 22.9 Å². The van der Waals surface area contributed by atoms with Crippen molar-refractivity contribution in [2.24, 2.45) is 0 Å². The minimum absolute atomic E-state index is 0.0511. The molecule has 8 heteroatoms. The summed E-state index contributed by atoms with van der Waals surface area (Å²) in [5.74, 6) is 0.921. The van der Waals surface area contributed by atoms with Crippen LogP contribution >= 0.6 is 0 Å². The quantitative estimate of drug-likeness (QED) is 0.428. The third-order valence-electron chi connectivity index (χ3n) is 5.78. The number of nitrogens with one attached hydrogen (secondary N) is 1. The number of nitrogen functional groups attached to an aromatic ring is 2. The van der Waals surface area contributed by atoms with Crippen molar-refractivity contribution in [1.82, 2.24) is 15.3 Å². The molecule has 0 saturated heterocycles. The minimum Gasteiger partial charge on any atom is -0.492 e. The molecular weight excluding hydrogens is 404 g/mol. The second-order valence-electron chi connectivity index (χ2n) is 7.79. The Morgan fingerprint density at radius 2 is 1.97 bits per heavy atom. The van der Waals surface area contributed by atoms with Crippen LogP contribution in [0.5, 0.6) is 5.75 Å². The minimum atomic E-state index is -0.289. The molecular formula is C24H20N6O2. The summed E-state index contributed by atoms with van der Waals surface area (Å²) in [4.78, 5) is 21.1. The number of carbonyl (C=O) groups excluding carboxylic acids is 1. The Bertz CT molecular complexity index is 1460. The van der Waals surface area contributed by atoms with Gasteiger partial charge >= 0.3 is 0 Å². The van der Waals surface area contributed by atoms with E-state index >= 15 is 0 Å². The number of nitrogens with two attached hydrogens (primary N) is 2. The first-order valence-electron chi connectivity index (χ1n) is 10.2. The van der Waals surface area contributed by atoms with Gasteiger partial charge in [0.05, 0.1) is 23.6 Å². The van der Waals surface area contributed by atoms with Crippen LogP contribution in [0.3, 0.4) is 0 Å². The Labute approximate surface area is 183 Å². The van der Waals surface area contributed by atoms with Crippen molar-refractivity contribution in [2.45, 2.75) is 12.8 Å². The van der Waals surface area contributed by atoms with E-state index in [0.717, 1.165) is 27.5 Å². The Morgan fingerprint density at radius 3 is 2.75 bits per heavy atom. The highest BCUT2D eigenvalue weighted by Crippen LogP contribution is 2.48. The van der Waals surface area contributed by atoms with Gasteiger partial charge in [0.1, 0.15) is 18.1 Å². The predicted octanol–water partition coefficient (Wildman–Crippen LogP) is 3.36. The third kappa shape index (κ3) is 2.94. The van der Waals surface area contributed by atoms with E-state index < -0.39 is 0 Å². The van der Waals surface area contributed by atoms with Gasteiger partial charge in [0.15, 0.2) is 0 Å². The van der Waals surface area contributed by atoms with Crippen molar-refractivity contribution < 1.29 is 9.53 Å². The average molecular weight is 424 g/mol. The summed E-state index contributed by atoms with van der Waals surface area (Å²) in [5.41, 5.74) is 16.1. The van der Waals surface area contributed by atoms with E-state index in [1.54, 1.807) is 6.07 Å². The van der Waals surface area contributed by atoms with Crippen molar-refractivity contribution >= 4 is 39.3 Å². The Kier molecular flexibility index (Phi) is 4.52. The Balaban J connectivity index is 1.80. The molecule has 5 rings (SSSR count). The average Bonchev–Trinajstić information content (AvgIpc) is 3.17. The first-order valence-corrected chi connectivity index (χ1v) is 10.2. The van der Waals surface area contributed by atoms with Crippen molar-refractivity contribution in [3.63, 3.8) is 0 Å². The highest BCUT2D eigenvalue weighted by Gasteiger charge is 2.29. The molecule has 1 aliphatic rings. The van der Waals surface area contributed by atoms with Crippen LogP contribution in [0, 0.1) is 11.3 Å². The molecule has 0 bridgehead atoms. The molecule has 5 N–H and O–H groups in total. The van der Waals surface area contributed by atoms with Gasteiger partial charge in [0.25, 0.3) is 5.91 Å². The fourth-order valence-electron chi connectivity index (χ4n) is 4.42. The predicted molar refractivity (Wildman–Crippen MR) is 123 cm³/mol. The van der Waals surface area contributed by atoms with Gasteiger partial charge in [-0.2, -0.15) is 10.2 Å². The highest BCUT2D eigenvalue weighted by molar-refractivity contribution is 6.12. The second kappa shape index (κ2) is 7.39. The number of carbonyl (C=O) groups is 1. The van der Waals surface area contributed by atoms with Gasteiger partial charge in [0, 0.05) is 17.0 Å². The summed E-state index contributed by atoms with van der Waals surface area (Å²) in [5, 5.41) is 13.8. The van der Waals surface area contributed by atoms with Crippen molar-refractivity contribution in [2.75, 3.05) is 24.6 Å². The normalized spacial score (nSPS) is 14.7. The number of nitrogens with zero attached hydrogens (tertiary/aromatic N) is 3. The molecule has 32 heavy (non-hydrogen) atoms. The molecule has 0 saturated carbocycles. The number of anilines is 2. The summed E-state index contributed by atoms with van der Waals surface area (Å²) in [6, 6.07) is 15.3. The second-order valence-corrected chi connectivity index (χ2v) is 7.79. The lowest BCUT2D eigenvalue weighted by molar-refractivity contribution is 0.0960. The summed E-state index contributed by atoms with van der Waals surface area (Å²) in [6.45, 7) is 2.57. The van der Waals surface area contributed by atoms with E-state index in [1.165, 1.54) is 0 Å². The van der Waals surface area contributed by atoms with Crippen molar-refractivity contribution in [3.05, 3.63) is 53.6 Å². The van der Waals surface area contributed by atoms with E-state index in [2.05, 4.69) is 22.2 Å². The number of rotatable bonds is 3. The van der Waals surface area contributed by atoms with Gasteiger partial charge in [-0.1, -0.05) is 37.3 Å². The van der Waals surface area contributed by atoms with E-state index in [1.807, 2.05) is 42.5 Å². The monoisotopic (exact) mass is 424 g/mol. The molecule has 3 aromatic carbocycles. The van der Waals surface area contributed by atoms with Crippen LogP contribution in [0.2, 0.25) is 0 Å². The van der Waals surface area contributed by atoms with E-state index in [4.69, 9.17) is 21.5 Å². The van der Waals surface area contributed by atoms with Crippen LogP contribution in [-0.2, 0) is 0 Å². The van der Waals surface area contributed by atoms with Crippen LogP contribution < -0.4 is 21.5 Å². The number of amides is 1. The fourth-order valence-corrected chi connectivity index (χ4v) is 4.42. The number of ether oxygens (including phenoxy) is 1. The van der Waals surface area contributed by atoms with Crippen LogP contribution in [0.1, 0.15) is 28.8 Å². The molecule has 0 fully saturated rings. The van der Waals surface area contributed by atoms with Crippen molar-refractivity contribution in [1.29, 1.82) is 5.26 Å². The third-order valence-corrected chi connectivity index (χ3v) is 5.78. The van der Waals surface area contributed by atoms with Crippen LogP contribution in [0.25, 0.3) is 32.8 Å². The number of hydrogen-bond acceptors (Lipinski definition) is 7. The molecule has 4 aromatic rings. The largest absolute Gasteiger partial charge is 0.492 e. The molecule has 0 spiro atoms. The number of aromatic nitrogens is 2. The molecule has 1 amide bonds. The molecule has 1 aliphatic heterocycles. The van der Waals surface area contributed by atoms with Gasteiger partial charge < -0.3 is 21.5 Å². The molecule has 158 valence electrons. The first kappa shape index (κ1) is 19.6.